The first-order valence-corrected chi connectivity index (χ1v) is 4.69. The van der Waals surface area contributed by atoms with Crippen LogP contribution in [-0.2, 0) is 9.59 Å². The molecule has 5 heteroatoms. The third-order valence-electron chi connectivity index (χ3n) is 2.43. The van der Waals surface area contributed by atoms with Crippen molar-refractivity contribution >= 4 is 11.9 Å². The number of carbonyl (C=O) groups excluding carboxylic acids is 1. The maximum absolute atomic E-state index is 11.3. The Morgan fingerprint density at radius 1 is 1.71 bits per heavy atom. The van der Waals surface area contributed by atoms with Gasteiger partial charge < -0.3 is 15.1 Å². The normalized spacial score (nSPS) is 24.0. The minimum absolute atomic E-state index is 0.0316. The Hall–Kier alpha value is -1.10. The lowest BCUT2D eigenvalue weighted by molar-refractivity contribution is -0.146. The zero-order valence-electron chi connectivity index (χ0n) is 8.14. The smallest absolute Gasteiger partial charge is 0.326 e. The maximum Gasteiger partial charge on any atom is 0.326 e. The van der Waals surface area contributed by atoms with Crippen LogP contribution in [0.5, 0.6) is 0 Å². The minimum atomic E-state index is -0.957. The van der Waals surface area contributed by atoms with Crippen molar-refractivity contribution in [3.63, 3.8) is 0 Å². The van der Waals surface area contributed by atoms with Crippen LogP contribution < -0.4 is 0 Å². The third-order valence-corrected chi connectivity index (χ3v) is 2.43. The quantitative estimate of drug-likeness (QED) is 0.654. The van der Waals surface area contributed by atoms with Gasteiger partial charge in [0.05, 0.1) is 0 Å². The highest BCUT2D eigenvalue weighted by Gasteiger charge is 2.36. The molecular weight excluding hydrogens is 186 g/mol. The van der Waals surface area contributed by atoms with Gasteiger partial charge in [-0.15, -0.1) is 0 Å². The highest BCUT2D eigenvalue weighted by molar-refractivity contribution is 5.87. The van der Waals surface area contributed by atoms with Crippen molar-refractivity contribution in [2.45, 2.75) is 25.8 Å². The van der Waals surface area contributed by atoms with Crippen LogP contribution in [0.2, 0.25) is 0 Å². The highest BCUT2D eigenvalue weighted by atomic mass is 16.4. The summed E-state index contributed by atoms with van der Waals surface area (Å²) in [5.41, 5.74) is 0. The number of nitrogens with zero attached hydrogens (tertiary/aromatic N) is 1. The summed E-state index contributed by atoms with van der Waals surface area (Å²) in [5, 5.41) is 17.7. The van der Waals surface area contributed by atoms with Crippen molar-refractivity contribution in [3.8, 4) is 0 Å². The van der Waals surface area contributed by atoms with Crippen LogP contribution in [0.15, 0.2) is 0 Å². The fourth-order valence-corrected chi connectivity index (χ4v) is 1.61. The summed E-state index contributed by atoms with van der Waals surface area (Å²) in [6.45, 7) is 2.08. The lowest BCUT2D eigenvalue weighted by Gasteiger charge is -2.24. The Morgan fingerprint density at radius 2 is 2.36 bits per heavy atom. The van der Waals surface area contributed by atoms with Crippen molar-refractivity contribution < 1.29 is 19.8 Å². The molecule has 0 spiro atoms. The van der Waals surface area contributed by atoms with E-state index in [4.69, 9.17) is 10.2 Å². The largest absolute Gasteiger partial charge is 0.480 e. The number of amides is 1. The molecule has 1 fully saturated rings. The SMILES string of the molecule is CC(CO)CN1C(=O)CCC1C(=O)O. The summed E-state index contributed by atoms with van der Waals surface area (Å²) < 4.78 is 0. The molecule has 1 rings (SSSR count). The van der Waals surface area contributed by atoms with Gasteiger partial charge in [0.1, 0.15) is 6.04 Å². The molecule has 5 nitrogen and oxygen atoms in total. The molecule has 2 atom stereocenters. The van der Waals surface area contributed by atoms with Gasteiger partial charge in [0.15, 0.2) is 0 Å². The van der Waals surface area contributed by atoms with Crippen molar-refractivity contribution in [1.82, 2.24) is 4.90 Å². The predicted molar refractivity (Wildman–Crippen MR) is 48.6 cm³/mol. The third kappa shape index (κ3) is 2.23. The molecule has 1 aliphatic heterocycles. The molecule has 14 heavy (non-hydrogen) atoms. The first-order chi connectivity index (χ1) is 6.56. The van der Waals surface area contributed by atoms with E-state index in [1.54, 1.807) is 6.92 Å². The van der Waals surface area contributed by atoms with Gasteiger partial charge in [-0.25, -0.2) is 4.79 Å². The predicted octanol–water partition coefficient (Wildman–Crippen LogP) is -0.310. The van der Waals surface area contributed by atoms with Crippen LogP contribution in [-0.4, -0.2) is 46.2 Å². The van der Waals surface area contributed by atoms with Crippen molar-refractivity contribution in [2.24, 2.45) is 5.92 Å². The first-order valence-electron chi connectivity index (χ1n) is 4.69. The summed E-state index contributed by atoms with van der Waals surface area (Å²) in [5.74, 6) is -1.16. The number of likely N-dealkylation sites (tertiary alicyclic amines) is 1. The van der Waals surface area contributed by atoms with Gasteiger partial charge in [-0.3, -0.25) is 4.79 Å². The molecule has 0 aliphatic carbocycles. The van der Waals surface area contributed by atoms with E-state index >= 15 is 0 Å². The molecule has 1 heterocycles. The lowest BCUT2D eigenvalue weighted by Crippen LogP contribution is -2.41. The number of carbonyl (C=O) groups is 2. The standard InChI is InChI=1S/C9H15NO4/c1-6(5-11)4-10-7(9(13)14)2-3-8(10)12/h6-7,11H,2-5H2,1H3,(H,13,14). The Bertz CT molecular complexity index is 241. The molecule has 0 aromatic heterocycles. The molecule has 80 valence electrons. The number of aliphatic carboxylic acids is 1. The number of rotatable bonds is 4. The van der Waals surface area contributed by atoms with Gasteiger partial charge in [-0.2, -0.15) is 0 Å². The zero-order chi connectivity index (χ0) is 10.7. The van der Waals surface area contributed by atoms with Gasteiger partial charge in [0.2, 0.25) is 5.91 Å². The Labute approximate surface area is 82.3 Å². The van der Waals surface area contributed by atoms with Crippen LogP contribution in [0.3, 0.4) is 0 Å². The molecule has 0 bridgehead atoms. The number of carboxylic acids is 1. The molecule has 2 N–H and O–H groups in total. The van der Waals surface area contributed by atoms with Crippen molar-refractivity contribution in [2.75, 3.05) is 13.2 Å². The van der Waals surface area contributed by atoms with Gasteiger partial charge >= 0.3 is 5.97 Å². The summed E-state index contributed by atoms with van der Waals surface area (Å²) in [6.07, 6.45) is 0.682. The van der Waals surface area contributed by atoms with Gasteiger partial charge in [0, 0.05) is 19.6 Å². The molecule has 1 amide bonds. The second kappa shape index (κ2) is 4.41. The number of carboxylic acid groups (broad SMARTS) is 1. The maximum atomic E-state index is 11.3. The second-order valence-electron chi connectivity index (χ2n) is 3.73. The molecule has 0 aromatic carbocycles. The molecule has 0 radical (unpaired) electrons. The number of aliphatic hydroxyl groups is 1. The van der Waals surface area contributed by atoms with E-state index in [0.29, 0.717) is 19.4 Å². The van der Waals surface area contributed by atoms with Crippen LogP contribution in [0, 0.1) is 5.92 Å². The van der Waals surface area contributed by atoms with Crippen molar-refractivity contribution in [3.05, 3.63) is 0 Å². The first kappa shape index (κ1) is 11.0. The molecule has 1 saturated heterocycles. The van der Waals surface area contributed by atoms with Crippen LogP contribution in [0.4, 0.5) is 0 Å². The molecule has 1 aliphatic rings. The van der Waals surface area contributed by atoms with Gasteiger partial charge in [-0.05, 0) is 12.3 Å². The van der Waals surface area contributed by atoms with E-state index in [0.717, 1.165) is 0 Å². The summed E-state index contributed by atoms with van der Waals surface area (Å²) >= 11 is 0. The van der Waals surface area contributed by atoms with Gasteiger partial charge in [-0.1, -0.05) is 6.92 Å². The van der Waals surface area contributed by atoms with E-state index < -0.39 is 12.0 Å². The minimum Gasteiger partial charge on any atom is -0.480 e. The van der Waals surface area contributed by atoms with E-state index in [9.17, 15) is 9.59 Å². The molecule has 0 aromatic rings. The monoisotopic (exact) mass is 201 g/mol. The zero-order valence-corrected chi connectivity index (χ0v) is 8.14. The summed E-state index contributed by atoms with van der Waals surface area (Å²) in [4.78, 5) is 23.4. The molecule has 2 unspecified atom stereocenters. The highest BCUT2D eigenvalue weighted by Crippen LogP contribution is 2.20. The second-order valence-corrected chi connectivity index (χ2v) is 3.73. The van der Waals surface area contributed by atoms with Crippen LogP contribution >= 0.6 is 0 Å². The number of hydrogen-bond donors (Lipinski definition) is 2. The van der Waals surface area contributed by atoms with E-state index in [-0.39, 0.29) is 18.4 Å². The van der Waals surface area contributed by atoms with Crippen LogP contribution in [0.1, 0.15) is 19.8 Å². The van der Waals surface area contributed by atoms with E-state index in [1.807, 2.05) is 0 Å². The number of aliphatic hydroxyl groups excluding tert-OH is 1. The Balaban J connectivity index is 2.62. The molecule has 0 saturated carbocycles. The fraction of sp³-hybridized carbons (Fsp3) is 0.778. The van der Waals surface area contributed by atoms with Gasteiger partial charge in [0.25, 0.3) is 0 Å². The Morgan fingerprint density at radius 3 is 2.86 bits per heavy atom. The van der Waals surface area contributed by atoms with E-state index in [1.165, 1.54) is 4.90 Å². The fourth-order valence-electron chi connectivity index (χ4n) is 1.61. The average molecular weight is 201 g/mol. The van der Waals surface area contributed by atoms with Crippen LogP contribution in [0.25, 0.3) is 0 Å². The van der Waals surface area contributed by atoms with E-state index in [2.05, 4.69) is 0 Å². The number of hydrogen-bond acceptors (Lipinski definition) is 3. The Kier molecular flexibility index (Phi) is 3.46. The summed E-state index contributed by atoms with van der Waals surface area (Å²) in [6, 6.07) is -0.698. The topological polar surface area (TPSA) is 77.8 Å². The van der Waals surface area contributed by atoms with Crippen molar-refractivity contribution in [1.29, 1.82) is 0 Å². The average Bonchev–Trinajstić information content (AvgIpc) is 2.48. The molecular formula is C9H15NO4. The summed E-state index contributed by atoms with van der Waals surface area (Å²) in [7, 11) is 0. The lowest BCUT2D eigenvalue weighted by atomic mass is 10.1.